The number of carboxylic acid groups (broad SMARTS) is 1. The Morgan fingerprint density at radius 3 is 1.46 bits per heavy atom. The highest BCUT2D eigenvalue weighted by atomic mass is 16.4. The van der Waals surface area contributed by atoms with Gasteiger partial charge in [0, 0.05) is 44.1 Å². The summed E-state index contributed by atoms with van der Waals surface area (Å²) in [6.45, 7) is 17.6. The minimum Gasteiger partial charge on any atom is -0.481 e. The van der Waals surface area contributed by atoms with Gasteiger partial charge in [-0.2, -0.15) is 0 Å². The van der Waals surface area contributed by atoms with E-state index in [2.05, 4.69) is 68.1 Å². The molecule has 0 bridgehead atoms. The zero-order chi connectivity index (χ0) is 71.1. The molecule has 93 heavy (non-hydrogen) atoms. The molecule has 0 unspecified atom stereocenters. The normalized spacial score (nSPS) is 14.7. The van der Waals surface area contributed by atoms with E-state index in [1.165, 1.54) is 40.2 Å². The lowest BCUT2D eigenvalue weighted by Crippen LogP contribution is -2.64. The monoisotopic (exact) mass is 1320 g/mol. The van der Waals surface area contributed by atoms with Crippen LogP contribution in [0.5, 0.6) is 0 Å². The predicted molar refractivity (Wildman–Crippen MR) is 341 cm³/mol. The van der Waals surface area contributed by atoms with E-state index in [-0.39, 0.29) is 56.9 Å². The van der Waals surface area contributed by atoms with Crippen LogP contribution in [-0.2, 0) is 73.5 Å². The summed E-state index contributed by atoms with van der Waals surface area (Å²) >= 11 is 0. The molecule has 524 valence electrons. The number of carboxylic acids is 1. The van der Waals surface area contributed by atoms with Gasteiger partial charge in [-0.15, -0.1) is 0 Å². The minimum absolute atomic E-state index is 0.00205. The molecule has 0 saturated heterocycles. The van der Waals surface area contributed by atoms with E-state index in [9.17, 15) is 72.2 Å². The fourth-order valence-corrected chi connectivity index (χ4v) is 9.03. The van der Waals surface area contributed by atoms with Crippen LogP contribution in [0.2, 0.25) is 0 Å². The van der Waals surface area contributed by atoms with Gasteiger partial charge in [-0.3, -0.25) is 72.1 Å². The van der Waals surface area contributed by atoms with E-state index in [0.717, 1.165) is 0 Å². The number of hydrogen-bond donors (Lipinski definition) is 18. The summed E-state index contributed by atoms with van der Waals surface area (Å²) in [7, 11) is 0. The summed E-state index contributed by atoms with van der Waals surface area (Å²) in [5, 5.41) is 35.3. The van der Waals surface area contributed by atoms with Crippen molar-refractivity contribution in [2.75, 3.05) is 6.54 Å². The van der Waals surface area contributed by atoms with E-state index in [1.54, 1.807) is 41.5 Å². The number of nitrogens with two attached hydrogens (primary N) is 6. The number of nitrogens with zero attached hydrogens (tertiary/aromatic N) is 2. The SMILES string of the molecule is CCCC[C@H](NC(=O)[C@H](CC(C)C)NC(=O)[C@H](CCC(N)=O)NC(=O)[C@@H](NC(=O)[C@H](CCC(=O)O)NC(=O)C(C)(C)NC(=O)[C@@H](NC(=O)C(C)(C)N)C(C)C)[C@@H](C)CC)C(=O)N[C@@H](Cc1cnc[nH]1)C(=O)N[C@@H](CCC(N)=O)C(=O)N[C@@H](CCCCN=C(N)N)C(N)=O. The molecule has 13 amide bonds. The number of unbranched alkanes of at least 4 members (excludes halogenated alkanes) is 2. The maximum atomic E-state index is 14.5. The number of imidazole rings is 1. The number of aliphatic carboxylic acids is 1. The third-order valence-electron chi connectivity index (χ3n) is 14.8. The molecule has 0 aliphatic rings. The third kappa shape index (κ3) is 31.3. The molecule has 0 aliphatic heterocycles. The Morgan fingerprint density at radius 2 is 1.00 bits per heavy atom. The molecule has 0 fully saturated rings. The lowest BCUT2D eigenvalue weighted by molar-refractivity contribution is -0.140. The number of carbonyl (C=O) groups excluding carboxylic acids is 13. The fourth-order valence-electron chi connectivity index (χ4n) is 9.03. The third-order valence-corrected chi connectivity index (χ3v) is 14.8. The molecule has 1 aromatic rings. The average molecular weight is 1320 g/mol. The number of aromatic amines is 1. The summed E-state index contributed by atoms with van der Waals surface area (Å²) in [4.78, 5) is 199. The van der Waals surface area contributed by atoms with Crippen LogP contribution in [0.1, 0.15) is 172 Å². The van der Waals surface area contributed by atoms with Crippen LogP contribution in [0.25, 0.3) is 0 Å². The zero-order valence-corrected chi connectivity index (χ0v) is 55.4. The molecular formula is C59H103N19O15. The number of aliphatic imine (C=N–C) groups is 1. The Morgan fingerprint density at radius 1 is 0.538 bits per heavy atom. The van der Waals surface area contributed by atoms with Crippen molar-refractivity contribution in [3.63, 3.8) is 0 Å². The van der Waals surface area contributed by atoms with Crippen molar-refractivity contribution in [3.8, 4) is 0 Å². The van der Waals surface area contributed by atoms with Crippen molar-refractivity contribution in [1.82, 2.24) is 63.1 Å². The molecule has 0 saturated carbocycles. The van der Waals surface area contributed by atoms with Crippen molar-refractivity contribution in [2.24, 2.45) is 57.1 Å². The van der Waals surface area contributed by atoms with Gasteiger partial charge in [0.1, 0.15) is 59.9 Å². The lowest BCUT2D eigenvalue weighted by atomic mass is 9.96. The summed E-state index contributed by atoms with van der Waals surface area (Å²) < 4.78 is 0. The first-order chi connectivity index (χ1) is 43.2. The van der Waals surface area contributed by atoms with Gasteiger partial charge in [-0.1, -0.05) is 67.7 Å². The largest absolute Gasteiger partial charge is 0.481 e. The van der Waals surface area contributed by atoms with Gasteiger partial charge in [-0.05, 0) is 96.8 Å². The number of aromatic nitrogens is 2. The first-order valence-corrected chi connectivity index (χ1v) is 31.2. The second kappa shape index (κ2) is 40.1. The standard InChI is InChI=1S/C59H103N19O15/c1-12-14-17-35(47(84)74-40(27-33-28-66-29-68-33)52(89)71-36(19-22-41(60)79)48(85)69-34(46(62)83)18-15-16-25-67-57(63)64)70-51(88)39(26-30(3)4)73-49(86)37(20-23-42(61)80)72-53(90)45(32(7)13-2)76-50(87)38(21-24-43(81)82)75-56(93)59(10,11)78-54(91)44(31(5)6)77-55(92)58(8,9)65/h28-32,34-40,44-45H,12-27,65H2,1-11H3,(H2,60,79)(H2,61,80)(H2,62,83)(H,66,68)(H,69,85)(H,70,88)(H,71,89)(H,72,90)(H,73,86)(H,74,84)(H,75,93)(H,76,87)(H,77,92)(H,78,91)(H,81,82)(H4,63,64,67)/t32-,34-,35-,36-,37-,38-,39-,40-,44-,45-/m0/s1. The Hall–Kier alpha value is -8.98. The topological polar surface area (TPSA) is 577 Å². The maximum Gasteiger partial charge on any atom is 0.303 e. The average Bonchev–Trinajstić information content (AvgIpc) is 1.16. The molecule has 34 heteroatoms. The molecule has 0 radical (unpaired) electrons. The number of H-pyrrole nitrogens is 1. The number of guanidine groups is 1. The molecule has 34 nitrogen and oxygen atoms in total. The smallest absolute Gasteiger partial charge is 0.303 e. The molecule has 0 aromatic carbocycles. The number of carbonyl (C=O) groups is 14. The number of primary amides is 3. The molecule has 0 aliphatic carbocycles. The fraction of sp³-hybridized carbons (Fsp3) is 0.695. The van der Waals surface area contributed by atoms with Gasteiger partial charge in [0.15, 0.2) is 5.96 Å². The molecule has 1 aromatic heterocycles. The first-order valence-electron chi connectivity index (χ1n) is 31.2. The van der Waals surface area contributed by atoms with Crippen LogP contribution in [0, 0.1) is 17.8 Å². The van der Waals surface area contributed by atoms with Crippen molar-refractivity contribution in [1.29, 1.82) is 0 Å². The van der Waals surface area contributed by atoms with Crippen LogP contribution in [0.4, 0.5) is 0 Å². The Bertz CT molecular complexity index is 2750. The Labute approximate surface area is 542 Å². The van der Waals surface area contributed by atoms with E-state index in [1.807, 2.05) is 6.92 Å². The van der Waals surface area contributed by atoms with Crippen molar-refractivity contribution >= 4 is 88.7 Å². The lowest BCUT2D eigenvalue weighted by Gasteiger charge is -2.32. The summed E-state index contributed by atoms with van der Waals surface area (Å²) in [5.74, 6) is -14.6. The molecule has 1 heterocycles. The van der Waals surface area contributed by atoms with Crippen LogP contribution in [0.15, 0.2) is 17.5 Å². The highest BCUT2D eigenvalue weighted by Crippen LogP contribution is 2.16. The second-order valence-corrected chi connectivity index (χ2v) is 25.0. The van der Waals surface area contributed by atoms with Gasteiger partial charge in [0.05, 0.1) is 11.9 Å². The van der Waals surface area contributed by atoms with Gasteiger partial charge in [0.2, 0.25) is 76.8 Å². The Kier molecular flexibility index (Phi) is 35.4. The molecular weight excluding hydrogens is 1210 g/mol. The van der Waals surface area contributed by atoms with Gasteiger partial charge < -0.3 is 97.7 Å². The number of amides is 13. The minimum atomic E-state index is -1.79. The molecule has 10 atom stereocenters. The summed E-state index contributed by atoms with van der Waals surface area (Å²) in [6.07, 6.45) is 1.56. The predicted octanol–water partition coefficient (Wildman–Crippen LogP) is -3.79. The number of nitrogens with one attached hydrogen (secondary N) is 11. The van der Waals surface area contributed by atoms with Crippen LogP contribution in [0.3, 0.4) is 0 Å². The van der Waals surface area contributed by atoms with E-state index in [0.29, 0.717) is 31.4 Å². The van der Waals surface area contributed by atoms with Gasteiger partial charge >= 0.3 is 5.97 Å². The number of rotatable bonds is 45. The van der Waals surface area contributed by atoms with E-state index < -0.39 is 192 Å². The molecule has 24 N–H and O–H groups in total. The van der Waals surface area contributed by atoms with Crippen LogP contribution >= 0.6 is 0 Å². The highest BCUT2D eigenvalue weighted by Gasteiger charge is 2.40. The Balaban J connectivity index is 3.63. The molecule has 0 spiro atoms. The second-order valence-electron chi connectivity index (χ2n) is 25.0. The summed E-state index contributed by atoms with van der Waals surface area (Å²) in [6, 6.07) is -12.9. The zero-order valence-electron chi connectivity index (χ0n) is 55.4. The van der Waals surface area contributed by atoms with Crippen molar-refractivity contribution in [3.05, 3.63) is 18.2 Å². The highest BCUT2D eigenvalue weighted by molar-refractivity contribution is 6.00. The van der Waals surface area contributed by atoms with Gasteiger partial charge in [-0.25, -0.2) is 4.98 Å². The number of hydrogen-bond acceptors (Lipinski definition) is 17. The van der Waals surface area contributed by atoms with Crippen molar-refractivity contribution in [2.45, 2.75) is 238 Å². The van der Waals surface area contributed by atoms with Crippen LogP contribution < -0.4 is 87.6 Å². The quantitative estimate of drug-likeness (QED) is 0.0169. The van der Waals surface area contributed by atoms with Crippen LogP contribution in [-0.4, -0.2) is 176 Å². The van der Waals surface area contributed by atoms with Crippen molar-refractivity contribution < 1.29 is 72.2 Å². The maximum absolute atomic E-state index is 14.5. The van der Waals surface area contributed by atoms with E-state index >= 15 is 0 Å². The first kappa shape index (κ1) is 82.0. The van der Waals surface area contributed by atoms with Gasteiger partial charge in [0.25, 0.3) is 0 Å². The summed E-state index contributed by atoms with van der Waals surface area (Å²) in [5.41, 5.74) is 30.4. The van der Waals surface area contributed by atoms with E-state index in [4.69, 9.17) is 34.4 Å². The molecule has 1 rings (SSSR count).